The minimum absolute atomic E-state index is 0.285. The maximum absolute atomic E-state index is 11.3. The molecule has 0 saturated carbocycles. The lowest BCUT2D eigenvalue weighted by Gasteiger charge is -2.17. The molecule has 1 aromatic heterocycles. The van der Waals surface area contributed by atoms with Gasteiger partial charge in [0, 0.05) is 30.8 Å². The molecule has 0 spiro atoms. The molecule has 6 nitrogen and oxygen atoms in total. The Morgan fingerprint density at radius 2 is 2.27 bits per heavy atom. The molecule has 2 heterocycles. The predicted octanol–water partition coefficient (Wildman–Crippen LogP) is 0.159. The number of anilines is 1. The molecule has 0 fully saturated rings. The third-order valence-electron chi connectivity index (χ3n) is 2.68. The van der Waals surface area contributed by atoms with Crippen LogP contribution in [0.1, 0.15) is 11.3 Å². The first-order valence-corrected chi connectivity index (χ1v) is 4.87. The molecule has 1 aliphatic heterocycles. The minimum atomic E-state index is -0.285. The number of H-pyrrole nitrogens is 1. The third kappa shape index (κ3) is 1.74. The van der Waals surface area contributed by atoms with E-state index in [0.29, 0.717) is 18.9 Å². The van der Waals surface area contributed by atoms with E-state index in [1.165, 1.54) is 7.11 Å². The molecule has 15 heavy (non-hydrogen) atoms. The molecule has 0 atom stereocenters. The van der Waals surface area contributed by atoms with Crippen molar-refractivity contribution in [1.29, 1.82) is 0 Å². The molecule has 0 aromatic carbocycles. The van der Waals surface area contributed by atoms with E-state index in [9.17, 15) is 4.79 Å². The largest absolute Gasteiger partial charge is 0.453 e. The molecule has 0 saturated heterocycles. The van der Waals surface area contributed by atoms with Gasteiger partial charge in [-0.1, -0.05) is 0 Å². The van der Waals surface area contributed by atoms with Gasteiger partial charge in [0.05, 0.1) is 7.11 Å². The van der Waals surface area contributed by atoms with Crippen LogP contribution in [0.15, 0.2) is 0 Å². The number of carbonyl (C=O) groups excluding carboxylic acids is 1. The van der Waals surface area contributed by atoms with Crippen LogP contribution >= 0.6 is 0 Å². The number of amides is 1. The van der Waals surface area contributed by atoms with Gasteiger partial charge in [-0.05, 0) is 6.42 Å². The van der Waals surface area contributed by atoms with Gasteiger partial charge in [-0.15, -0.1) is 0 Å². The smallest absolute Gasteiger partial charge is 0.409 e. The summed E-state index contributed by atoms with van der Waals surface area (Å²) in [5.41, 5.74) is 7.76. The number of methoxy groups -OCH3 is 1. The van der Waals surface area contributed by atoms with Gasteiger partial charge in [0.25, 0.3) is 0 Å². The number of hydrogen-bond donors (Lipinski definition) is 2. The summed E-state index contributed by atoms with van der Waals surface area (Å²) in [5, 5.41) is 6.84. The molecule has 0 radical (unpaired) electrons. The lowest BCUT2D eigenvalue weighted by molar-refractivity contribution is 0.125. The number of aromatic amines is 1. The number of ether oxygens (including phenoxy) is 1. The van der Waals surface area contributed by atoms with Crippen LogP contribution in [0.2, 0.25) is 0 Å². The van der Waals surface area contributed by atoms with E-state index in [-0.39, 0.29) is 6.09 Å². The van der Waals surface area contributed by atoms with Crippen LogP contribution in [-0.2, 0) is 17.6 Å². The van der Waals surface area contributed by atoms with E-state index in [1.807, 2.05) is 0 Å². The summed E-state index contributed by atoms with van der Waals surface area (Å²) in [4.78, 5) is 13.0. The zero-order chi connectivity index (χ0) is 10.8. The van der Waals surface area contributed by atoms with Crippen molar-refractivity contribution >= 4 is 11.9 Å². The van der Waals surface area contributed by atoms with Crippen LogP contribution in [-0.4, -0.2) is 41.4 Å². The summed E-state index contributed by atoms with van der Waals surface area (Å²) in [6, 6.07) is 0. The monoisotopic (exact) mass is 210 g/mol. The zero-order valence-corrected chi connectivity index (χ0v) is 8.62. The van der Waals surface area contributed by atoms with E-state index in [1.54, 1.807) is 4.90 Å². The Hall–Kier alpha value is -1.72. The maximum Gasteiger partial charge on any atom is 0.409 e. The summed E-state index contributed by atoms with van der Waals surface area (Å²) >= 11 is 0. The molecule has 1 amide bonds. The second-order valence-electron chi connectivity index (χ2n) is 3.52. The quantitative estimate of drug-likeness (QED) is 0.638. The number of nitrogens with one attached hydrogen (secondary N) is 1. The van der Waals surface area contributed by atoms with Crippen LogP contribution in [0.5, 0.6) is 0 Å². The van der Waals surface area contributed by atoms with Gasteiger partial charge in [0.1, 0.15) is 5.82 Å². The Kier molecular flexibility index (Phi) is 2.49. The average molecular weight is 210 g/mol. The molecule has 82 valence electrons. The highest BCUT2D eigenvalue weighted by Crippen LogP contribution is 2.18. The van der Waals surface area contributed by atoms with Crippen molar-refractivity contribution in [1.82, 2.24) is 15.1 Å². The summed E-state index contributed by atoms with van der Waals surface area (Å²) in [5.74, 6) is 0.539. The molecule has 0 bridgehead atoms. The SMILES string of the molecule is COC(=O)N1CCc2[nH]nc(N)c2CC1. The number of hydrogen-bond acceptors (Lipinski definition) is 4. The molecule has 2 rings (SSSR count). The Morgan fingerprint density at radius 1 is 1.53 bits per heavy atom. The average Bonchev–Trinajstić information content (AvgIpc) is 2.50. The molecule has 0 unspecified atom stereocenters. The fourth-order valence-corrected chi connectivity index (χ4v) is 1.82. The molecule has 1 aliphatic rings. The molecule has 3 N–H and O–H groups in total. The van der Waals surface area contributed by atoms with Gasteiger partial charge in [0.2, 0.25) is 0 Å². The summed E-state index contributed by atoms with van der Waals surface area (Å²) in [7, 11) is 1.39. The van der Waals surface area contributed by atoms with Gasteiger partial charge in [-0.2, -0.15) is 5.10 Å². The molecule has 6 heteroatoms. The first-order chi connectivity index (χ1) is 7.22. The van der Waals surface area contributed by atoms with Gasteiger partial charge in [-0.3, -0.25) is 5.10 Å². The third-order valence-corrected chi connectivity index (χ3v) is 2.68. The van der Waals surface area contributed by atoms with Gasteiger partial charge >= 0.3 is 6.09 Å². The number of nitrogen functional groups attached to an aromatic ring is 1. The lowest BCUT2D eigenvalue weighted by atomic mass is 10.1. The predicted molar refractivity (Wildman–Crippen MR) is 54.4 cm³/mol. The van der Waals surface area contributed by atoms with Crippen molar-refractivity contribution in [3.63, 3.8) is 0 Å². The van der Waals surface area contributed by atoms with Crippen molar-refractivity contribution < 1.29 is 9.53 Å². The van der Waals surface area contributed by atoms with Crippen molar-refractivity contribution in [2.24, 2.45) is 0 Å². The van der Waals surface area contributed by atoms with Crippen LogP contribution in [0, 0.1) is 0 Å². The highest BCUT2D eigenvalue weighted by molar-refractivity contribution is 5.67. The number of fused-ring (bicyclic) bond motifs is 1. The van der Waals surface area contributed by atoms with E-state index in [2.05, 4.69) is 14.9 Å². The molecular weight excluding hydrogens is 196 g/mol. The second kappa shape index (κ2) is 3.80. The van der Waals surface area contributed by atoms with Crippen LogP contribution in [0.4, 0.5) is 10.6 Å². The Labute approximate surface area is 87.4 Å². The molecule has 0 aliphatic carbocycles. The fraction of sp³-hybridized carbons (Fsp3) is 0.556. The minimum Gasteiger partial charge on any atom is -0.453 e. The van der Waals surface area contributed by atoms with Crippen molar-refractivity contribution in [2.75, 3.05) is 25.9 Å². The highest BCUT2D eigenvalue weighted by atomic mass is 16.5. The number of nitrogens with two attached hydrogens (primary N) is 1. The summed E-state index contributed by atoms with van der Waals surface area (Å²) < 4.78 is 4.68. The highest BCUT2D eigenvalue weighted by Gasteiger charge is 2.21. The standard InChI is InChI=1S/C9H14N4O2/c1-15-9(14)13-4-2-6-7(3-5-13)11-12-8(6)10/h2-5H2,1H3,(H3,10,11,12). The normalized spacial score (nSPS) is 15.7. The van der Waals surface area contributed by atoms with Gasteiger partial charge < -0.3 is 15.4 Å². The van der Waals surface area contributed by atoms with Crippen LogP contribution in [0.25, 0.3) is 0 Å². The van der Waals surface area contributed by atoms with Gasteiger partial charge in [-0.25, -0.2) is 4.79 Å². The number of aromatic nitrogens is 2. The number of rotatable bonds is 0. The van der Waals surface area contributed by atoms with Gasteiger partial charge in [0.15, 0.2) is 0 Å². The summed E-state index contributed by atoms with van der Waals surface area (Å²) in [6.45, 7) is 1.27. The Balaban J connectivity index is 2.12. The van der Waals surface area contributed by atoms with Crippen LogP contribution in [0.3, 0.4) is 0 Å². The fourth-order valence-electron chi connectivity index (χ4n) is 1.82. The second-order valence-corrected chi connectivity index (χ2v) is 3.52. The molecule has 1 aromatic rings. The Bertz CT molecular complexity index is 374. The topological polar surface area (TPSA) is 84.2 Å². The van der Waals surface area contributed by atoms with Crippen molar-refractivity contribution in [3.8, 4) is 0 Å². The summed E-state index contributed by atoms with van der Waals surface area (Å²) in [6.07, 6.45) is 1.19. The zero-order valence-electron chi connectivity index (χ0n) is 8.62. The van der Waals surface area contributed by atoms with Crippen LogP contribution < -0.4 is 5.73 Å². The maximum atomic E-state index is 11.3. The van der Waals surface area contributed by atoms with Crippen molar-refractivity contribution in [2.45, 2.75) is 12.8 Å². The first-order valence-electron chi connectivity index (χ1n) is 4.87. The van der Waals surface area contributed by atoms with E-state index < -0.39 is 0 Å². The van der Waals surface area contributed by atoms with E-state index in [0.717, 1.165) is 24.1 Å². The number of carbonyl (C=O) groups is 1. The lowest BCUT2D eigenvalue weighted by Crippen LogP contribution is -2.33. The number of nitrogens with zero attached hydrogens (tertiary/aromatic N) is 2. The van der Waals surface area contributed by atoms with Crippen molar-refractivity contribution in [3.05, 3.63) is 11.3 Å². The first kappa shape index (κ1) is 9.82. The Morgan fingerprint density at radius 3 is 3.00 bits per heavy atom. The van der Waals surface area contributed by atoms with E-state index in [4.69, 9.17) is 5.73 Å². The molecular formula is C9H14N4O2. The van der Waals surface area contributed by atoms with E-state index >= 15 is 0 Å².